The van der Waals surface area contributed by atoms with E-state index in [0.717, 1.165) is 16.9 Å². The van der Waals surface area contributed by atoms with Crippen molar-refractivity contribution in [2.75, 3.05) is 33.1 Å². The fourth-order valence-corrected chi connectivity index (χ4v) is 4.56. The van der Waals surface area contributed by atoms with Gasteiger partial charge in [0.2, 0.25) is 5.91 Å². The van der Waals surface area contributed by atoms with Gasteiger partial charge in [0.15, 0.2) is 11.5 Å². The molecule has 0 bridgehead atoms. The number of carbonyl (C=O) groups excluding carboxylic acids is 3. The molecule has 0 aliphatic heterocycles. The van der Waals surface area contributed by atoms with Crippen LogP contribution in [-0.4, -0.2) is 61.6 Å². The molecular formula is C27H30N4O7S. The second kappa shape index (κ2) is 13.8. The van der Waals surface area contributed by atoms with Crippen molar-refractivity contribution in [3.05, 3.63) is 76.7 Å². The molecule has 0 radical (unpaired) electrons. The van der Waals surface area contributed by atoms with Crippen LogP contribution in [0.4, 0.5) is 9.80 Å². The van der Waals surface area contributed by atoms with Gasteiger partial charge in [-0.2, -0.15) is 0 Å². The van der Waals surface area contributed by atoms with Gasteiger partial charge in [-0.25, -0.2) is 4.79 Å². The van der Waals surface area contributed by atoms with E-state index in [4.69, 9.17) is 9.47 Å². The highest BCUT2D eigenvalue weighted by atomic mass is 32.1. The number of carbonyl (C=O) groups is 4. The molecule has 206 valence electrons. The van der Waals surface area contributed by atoms with Crippen LogP contribution >= 0.6 is 11.3 Å². The first-order valence-electron chi connectivity index (χ1n) is 11.9. The van der Waals surface area contributed by atoms with Gasteiger partial charge >= 0.3 is 12.0 Å². The molecule has 4 N–H and O–H groups in total. The van der Waals surface area contributed by atoms with Crippen molar-refractivity contribution in [3.8, 4) is 11.5 Å². The lowest BCUT2D eigenvalue weighted by molar-refractivity contribution is -0.137. The van der Waals surface area contributed by atoms with Gasteiger partial charge in [-0.15, -0.1) is 11.3 Å². The summed E-state index contributed by atoms with van der Waals surface area (Å²) >= 11 is 1.07. The molecule has 11 nitrogen and oxygen atoms in total. The number of urea groups is 1. The van der Waals surface area contributed by atoms with Crippen LogP contribution < -0.4 is 25.4 Å². The summed E-state index contributed by atoms with van der Waals surface area (Å²) in [7, 11) is 4.40. The van der Waals surface area contributed by atoms with Crippen LogP contribution in [0, 0.1) is 0 Å². The van der Waals surface area contributed by atoms with Gasteiger partial charge in [-0.3, -0.25) is 19.7 Å². The lowest BCUT2D eigenvalue weighted by Gasteiger charge is -2.21. The molecule has 0 fully saturated rings. The molecular weight excluding hydrogens is 524 g/mol. The van der Waals surface area contributed by atoms with Crippen molar-refractivity contribution < 1.29 is 33.8 Å². The smallest absolute Gasteiger partial charge is 0.320 e. The van der Waals surface area contributed by atoms with E-state index in [1.54, 1.807) is 30.3 Å². The summed E-state index contributed by atoms with van der Waals surface area (Å²) in [6.45, 7) is 0.0499. The fraction of sp³-hybridized carbons (Fsp3) is 0.259. The topological polar surface area (TPSA) is 146 Å². The summed E-state index contributed by atoms with van der Waals surface area (Å²) < 4.78 is 10.5. The average Bonchev–Trinajstić information content (AvgIpc) is 3.39. The molecule has 1 atom stereocenters. The molecule has 1 heterocycles. The lowest BCUT2D eigenvalue weighted by Crippen LogP contribution is -2.40. The average molecular weight is 555 g/mol. The van der Waals surface area contributed by atoms with Gasteiger partial charge in [0.25, 0.3) is 5.91 Å². The Morgan fingerprint density at radius 1 is 0.974 bits per heavy atom. The molecule has 0 aliphatic rings. The van der Waals surface area contributed by atoms with Crippen molar-refractivity contribution in [1.29, 1.82) is 0 Å². The number of amides is 4. The number of anilines is 1. The van der Waals surface area contributed by atoms with E-state index in [0.29, 0.717) is 33.5 Å². The maximum atomic E-state index is 12.9. The maximum Gasteiger partial charge on any atom is 0.320 e. The van der Waals surface area contributed by atoms with Gasteiger partial charge < -0.3 is 30.1 Å². The number of carboxylic acid groups (broad SMARTS) is 1. The van der Waals surface area contributed by atoms with E-state index in [1.807, 2.05) is 30.3 Å². The van der Waals surface area contributed by atoms with Crippen LogP contribution in [-0.2, 0) is 16.1 Å². The molecule has 3 rings (SSSR count). The first-order valence-corrected chi connectivity index (χ1v) is 12.7. The number of nitrogens with zero attached hydrogens (tertiary/aromatic N) is 1. The minimum Gasteiger partial charge on any atom is -0.493 e. The molecule has 3 aromatic rings. The number of carboxylic acids is 1. The van der Waals surface area contributed by atoms with Gasteiger partial charge in [-0.05, 0) is 35.4 Å². The van der Waals surface area contributed by atoms with E-state index in [1.165, 1.54) is 26.2 Å². The SMILES string of the molecule is COc1ccc(C(CC(=O)O)NC(=O)CN(C)C(=O)c2ccc(NC(=O)NCc3ccccc3)s2)cc1OC. The molecule has 0 saturated heterocycles. The van der Waals surface area contributed by atoms with E-state index in [2.05, 4.69) is 16.0 Å². The van der Waals surface area contributed by atoms with Crippen LogP contribution in [0.3, 0.4) is 0 Å². The summed E-state index contributed by atoms with van der Waals surface area (Å²) in [4.78, 5) is 50.8. The zero-order valence-electron chi connectivity index (χ0n) is 21.7. The van der Waals surface area contributed by atoms with Crippen molar-refractivity contribution in [1.82, 2.24) is 15.5 Å². The predicted molar refractivity (Wildman–Crippen MR) is 146 cm³/mol. The number of ether oxygens (including phenoxy) is 2. The Morgan fingerprint density at radius 3 is 2.36 bits per heavy atom. The summed E-state index contributed by atoms with van der Waals surface area (Å²) in [5, 5.41) is 17.9. The first kappa shape index (κ1) is 29.0. The number of nitrogens with one attached hydrogen (secondary N) is 3. The third kappa shape index (κ3) is 8.47. The number of rotatable bonds is 12. The Morgan fingerprint density at radius 2 is 1.69 bits per heavy atom. The van der Waals surface area contributed by atoms with E-state index >= 15 is 0 Å². The Labute approximate surface area is 229 Å². The molecule has 4 amide bonds. The van der Waals surface area contributed by atoms with Gasteiger partial charge in [0, 0.05) is 13.6 Å². The molecule has 1 unspecified atom stereocenters. The second-order valence-corrected chi connectivity index (χ2v) is 9.53. The first-order chi connectivity index (χ1) is 18.7. The number of thiophene rings is 1. The lowest BCUT2D eigenvalue weighted by atomic mass is 10.0. The standard InChI is InChI=1S/C27H30N4O7S/c1-31(16-23(32)29-19(14-25(33)34)18-9-10-20(37-2)21(13-18)38-3)26(35)22-11-12-24(39-22)30-27(36)28-15-17-7-5-4-6-8-17/h4-13,19H,14-16H2,1-3H3,(H,29,32)(H,33,34)(H2,28,30,36). The normalized spacial score (nSPS) is 11.2. The Balaban J connectivity index is 1.57. The largest absolute Gasteiger partial charge is 0.493 e. The fourth-order valence-electron chi connectivity index (χ4n) is 3.67. The number of hydrogen-bond donors (Lipinski definition) is 4. The van der Waals surface area contributed by atoms with E-state index < -0.39 is 29.9 Å². The minimum atomic E-state index is -1.11. The molecule has 0 spiro atoms. The molecule has 0 aliphatic carbocycles. The quantitative estimate of drug-likeness (QED) is 0.268. The van der Waals surface area contributed by atoms with Gasteiger partial charge in [-0.1, -0.05) is 36.4 Å². The molecule has 0 saturated carbocycles. The van der Waals surface area contributed by atoms with Crippen molar-refractivity contribution in [2.24, 2.45) is 0 Å². The highest BCUT2D eigenvalue weighted by Gasteiger charge is 2.23. The minimum absolute atomic E-state index is 0.305. The van der Waals surface area contributed by atoms with Crippen molar-refractivity contribution in [3.63, 3.8) is 0 Å². The van der Waals surface area contributed by atoms with Crippen LogP contribution in [0.1, 0.15) is 33.3 Å². The maximum absolute atomic E-state index is 12.9. The summed E-state index contributed by atoms with van der Waals surface area (Å²) in [6.07, 6.45) is -0.370. The molecule has 2 aromatic carbocycles. The number of methoxy groups -OCH3 is 2. The van der Waals surface area contributed by atoms with E-state index in [-0.39, 0.29) is 13.0 Å². The zero-order chi connectivity index (χ0) is 28.4. The highest BCUT2D eigenvalue weighted by molar-refractivity contribution is 7.18. The second-order valence-electron chi connectivity index (χ2n) is 8.45. The summed E-state index contributed by atoms with van der Waals surface area (Å²) in [6, 6.07) is 16.2. The number of hydrogen-bond acceptors (Lipinski definition) is 7. The third-order valence-corrected chi connectivity index (χ3v) is 6.59. The van der Waals surface area contributed by atoms with Gasteiger partial charge in [0.1, 0.15) is 0 Å². The van der Waals surface area contributed by atoms with E-state index in [9.17, 15) is 24.3 Å². The zero-order valence-corrected chi connectivity index (χ0v) is 22.5. The van der Waals surface area contributed by atoms with Crippen LogP contribution in [0.15, 0.2) is 60.7 Å². The van der Waals surface area contributed by atoms with Crippen LogP contribution in [0.5, 0.6) is 11.5 Å². The Bertz CT molecular complexity index is 1310. The van der Waals surface area contributed by atoms with Gasteiger partial charge in [0.05, 0.1) is 43.1 Å². The monoisotopic (exact) mass is 554 g/mol. The summed E-state index contributed by atoms with van der Waals surface area (Å²) in [5.41, 5.74) is 1.46. The molecule has 12 heteroatoms. The van der Waals surface area contributed by atoms with Crippen LogP contribution in [0.25, 0.3) is 0 Å². The summed E-state index contributed by atoms with van der Waals surface area (Å²) in [5.74, 6) is -1.21. The van der Waals surface area contributed by atoms with Crippen molar-refractivity contribution >= 4 is 40.2 Å². The van der Waals surface area contributed by atoms with Crippen LogP contribution in [0.2, 0.25) is 0 Å². The molecule has 39 heavy (non-hydrogen) atoms. The van der Waals surface area contributed by atoms with Crippen molar-refractivity contribution in [2.45, 2.75) is 19.0 Å². The number of likely N-dealkylation sites (N-methyl/N-ethyl adjacent to an activating group) is 1. The highest BCUT2D eigenvalue weighted by Crippen LogP contribution is 2.31. The Kier molecular flexibility index (Phi) is 10.3. The Hall–Kier alpha value is -4.58. The third-order valence-electron chi connectivity index (χ3n) is 5.60. The molecule has 1 aromatic heterocycles. The number of aliphatic carboxylic acids is 1. The number of benzene rings is 2. The predicted octanol–water partition coefficient (Wildman–Crippen LogP) is 3.49.